The molecule has 0 unspecified atom stereocenters. The molecule has 0 spiro atoms. The van der Waals surface area contributed by atoms with Crippen LogP contribution in [-0.4, -0.2) is 41.6 Å². The average molecular weight is 184 g/mol. The molecule has 0 aliphatic heterocycles. The average Bonchev–Trinajstić information content (AvgIpc) is 2.65. The van der Waals surface area contributed by atoms with Crippen LogP contribution < -0.4 is 5.32 Å². The molecule has 1 aromatic heterocycles. The summed E-state index contributed by atoms with van der Waals surface area (Å²) in [6.07, 6.45) is 2.17. The Kier molecular flexibility index (Phi) is 3.90. The van der Waals surface area contributed by atoms with Crippen LogP contribution in [0, 0.1) is 0 Å². The summed E-state index contributed by atoms with van der Waals surface area (Å²) in [5.74, 6) is -0.218. The SMILES string of the molecule is COCCCNC(=O)c1cn[nH]n1. The molecule has 1 aromatic rings. The summed E-state index contributed by atoms with van der Waals surface area (Å²) >= 11 is 0. The molecule has 0 aromatic carbocycles. The molecular formula is C7H12N4O2. The smallest absolute Gasteiger partial charge is 0.273 e. The van der Waals surface area contributed by atoms with E-state index < -0.39 is 0 Å². The third kappa shape index (κ3) is 3.20. The number of nitrogens with zero attached hydrogens (tertiary/aromatic N) is 2. The van der Waals surface area contributed by atoms with E-state index in [1.54, 1.807) is 7.11 Å². The second kappa shape index (κ2) is 5.26. The summed E-state index contributed by atoms with van der Waals surface area (Å²) in [6.45, 7) is 1.22. The number of H-pyrrole nitrogens is 1. The molecule has 0 fully saturated rings. The van der Waals surface area contributed by atoms with Crippen LogP contribution >= 0.6 is 0 Å². The Balaban J connectivity index is 2.19. The summed E-state index contributed by atoms with van der Waals surface area (Å²) in [6, 6.07) is 0. The monoisotopic (exact) mass is 184 g/mol. The Morgan fingerprint density at radius 3 is 3.23 bits per heavy atom. The Labute approximate surface area is 75.7 Å². The first-order chi connectivity index (χ1) is 6.34. The van der Waals surface area contributed by atoms with E-state index in [1.165, 1.54) is 6.20 Å². The highest BCUT2D eigenvalue weighted by Gasteiger charge is 2.06. The van der Waals surface area contributed by atoms with E-state index in [2.05, 4.69) is 20.7 Å². The van der Waals surface area contributed by atoms with E-state index in [-0.39, 0.29) is 5.91 Å². The molecule has 0 radical (unpaired) electrons. The fraction of sp³-hybridized carbons (Fsp3) is 0.571. The number of aromatic amines is 1. The van der Waals surface area contributed by atoms with Gasteiger partial charge in [-0.3, -0.25) is 4.79 Å². The van der Waals surface area contributed by atoms with Crippen molar-refractivity contribution in [3.63, 3.8) is 0 Å². The van der Waals surface area contributed by atoms with Crippen molar-refractivity contribution in [3.05, 3.63) is 11.9 Å². The highest BCUT2D eigenvalue weighted by molar-refractivity contribution is 5.91. The molecule has 0 saturated carbocycles. The lowest BCUT2D eigenvalue weighted by atomic mass is 10.4. The maximum absolute atomic E-state index is 11.2. The van der Waals surface area contributed by atoms with Gasteiger partial charge in [0.2, 0.25) is 0 Å². The van der Waals surface area contributed by atoms with Gasteiger partial charge in [0, 0.05) is 20.3 Å². The minimum absolute atomic E-state index is 0.218. The predicted octanol–water partition coefficient (Wildman–Crippen LogP) is -0.429. The van der Waals surface area contributed by atoms with Gasteiger partial charge in [0.15, 0.2) is 5.69 Å². The number of amides is 1. The quantitative estimate of drug-likeness (QED) is 0.608. The van der Waals surface area contributed by atoms with Crippen molar-refractivity contribution in [1.29, 1.82) is 0 Å². The molecule has 0 aliphatic rings. The van der Waals surface area contributed by atoms with Crippen LogP contribution in [0.25, 0.3) is 0 Å². The normalized spacial score (nSPS) is 9.92. The van der Waals surface area contributed by atoms with Crippen molar-refractivity contribution in [2.24, 2.45) is 0 Å². The second-order valence-corrected chi connectivity index (χ2v) is 2.46. The molecule has 6 nitrogen and oxygen atoms in total. The van der Waals surface area contributed by atoms with Gasteiger partial charge in [0.1, 0.15) is 0 Å². The molecule has 2 N–H and O–H groups in total. The molecule has 0 atom stereocenters. The molecule has 1 amide bonds. The van der Waals surface area contributed by atoms with Gasteiger partial charge in [-0.15, -0.1) is 0 Å². The van der Waals surface area contributed by atoms with Gasteiger partial charge < -0.3 is 10.1 Å². The van der Waals surface area contributed by atoms with E-state index >= 15 is 0 Å². The van der Waals surface area contributed by atoms with Crippen LogP contribution in [0.3, 0.4) is 0 Å². The molecule has 72 valence electrons. The van der Waals surface area contributed by atoms with Crippen molar-refractivity contribution >= 4 is 5.91 Å². The fourth-order valence-corrected chi connectivity index (χ4v) is 0.820. The molecule has 0 bridgehead atoms. The minimum atomic E-state index is -0.218. The van der Waals surface area contributed by atoms with Crippen LogP contribution in [0.2, 0.25) is 0 Å². The molecule has 0 aliphatic carbocycles. The van der Waals surface area contributed by atoms with Crippen molar-refractivity contribution in [3.8, 4) is 0 Å². The summed E-state index contributed by atoms with van der Waals surface area (Å²) < 4.78 is 4.83. The number of ether oxygens (including phenoxy) is 1. The van der Waals surface area contributed by atoms with Gasteiger partial charge in [-0.25, -0.2) is 0 Å². The van der Waals surface area contributed by atoms with E-state index in [4.69, 9.17) is 4.74 Å². The fourth-order valence-electron chi connectivity index (χ4n) is 0.820. The van der Waals surface area contributed by atoms with Crippen molar-refractivity contribution in [2.45, 2.75) is 6.42 Å². The number of hydrogen-bond acceptors (Lipinski definition) is 4. The van der Waals surface area contributed by atoms with Gasteiger partial charge >= 0.3 is 0 Å². The lowest BCUT2D eigenvalue weighted by Crippen LogP contribution is -2.25. The molecular weight excluding hydrogens is 172 g/mol. The predicted molar refractivity (Wildman–Crippen MR) is 45.2 cm³/mol. The number of carbonyl (C=O) groups is 1. The van der Waals surface area contributed by atoms with Gasteiger partial charge in [-0.2, -0.15) is 15.4 Å². The first kappa shape index (κ1) is 9.66. The van der Waals surface area contributed by atoms with Crippen molar-refractivity contribution < 1.29 is 9.53 Å². The van der Waals surface area contributed by atoms with E-state index in [0.717, 1.165) is 6.42 Å². The van der Waals surface area contributed by atoms with E-state index in [0.29, 0.717) is 18.8 Å². The maximum atomic E-state index is 11.2. The first-order valence-electron chi connectivity index (χ1n) is 3.97. The van der Waals surface area contributed by atoms with Crippen LogP contribution in [0.5, 0.6) is 0 Å². The van der Waals surface area contributed by atoms with Crippen molar-refractivity contribution in [2.75, 3.05) is 20.3 Å². The largest absolute Gasteiger partial charge is 0.385 e. The maximum Gasteiger partial charge on any atom is 0.273 e. The zero-order valence-corrected chi connectivity index (χ0v) is 7.41. The van der Waals surface area contributed by atoms with Crippen LogP contribution in [0.1, 0.15) is 16.9 Å². The Morgan fingerprint density at radius 2 is 2.62 bits per heavy atom. The number of methoxy groups -OCH3 is 1. The number of rotatable bonds is 5. The van der Waals surface area contributed by atoms with Crippen LogP contribution in [0.15, 0.2) is 6.20 Å². The highest BCUT2D eigenvalue weighted by atomic mass is 16.5. The molecule has 6 heteroatoms. The lowest BCUT2D eigenvalue weighted by molar-refractivity contribution is 0.0943. The van der Waals surface area contributed by atoms with Gasteiger partial charge in [0.25, 0.3) is 5.91 Å². The number of hydrogen-bond donors (Lipinski definition) is 2. The number of aromatic nitrogens is 3. The third-order valence-corrected chi connectivity index (χ3v) is 1.46. The van der Waals surface area contributed by atoms with Crippen LogP contribution in [0.4, 0.5) is 0 Å². The first-order valence-corrected chi connectivity index (χ1v) is 3.97. The summed E-state index contributed by atoms with van der Waals surface area (Å²) in [5, 5.41) is 12.2. The molecule has 0 saturated heterocycles. The zero-order valence-electron chi connectivity index (χ0n) is 7.41. The minimum Gasteiger partial charge on any atom is -0.385 e. The standard InChI is InChI=1S/C7H12N4O2/c1-13-4-2-3-8-7(12)6-5-9-11-10-6/h5H,2-4H2,1H3,(H,8,12)(H,9,10,11). The Bertz CT molecular complexity index is 247. The third-order valence-electron chi connectivity index (χ3n) is 1.46. The highest BCUT2D eigenvalue weighted by Crippen LogP contribution is 1.87. The number of carbonyl (C=O) groups excluding carboxylic acids is 1. The second-order valence-electron chi connectivity index (χ2n) is 2.46. The zero-order chi connectivity index (χ0) is 9.52. The van der Waals surface area contributed by atoms with Crippen molar-refractivity contribution in [1.82, 2.24) is 20.7 Å². The molecule has 1 heterocycles. The summed E-state index contributed by atoms with van der Waals surface area (Å²) in [5.41, 5.74) is 0.303. The van der Waals surface area contributed by atoms with E-state index in [1.807, 2.05) is 0 Å². The molecule has 13 heavy (non-hydrogen) atoms. The summed E-state index contributed by atoms with van der Waals surface area (Å²) in [4.78, 5) is 11.2. The van der Waals surface area contributed by atoms with Gasteiger partial charge in [0.05, 0.1) is 6.20 Å². The van der Waals surface area contributed by atoms with Crippen LogP contribution in [-0.2, 0) is 4.74 Å². The Hall–Kier alpha value is -1.43. The van der Waals surface area contributed by atoms with E-state index in [9.17, 15) is 4.79 Å². The molecule has 1 rings (SSSR count). The topological polar surface area (TPSA) is 79.9 Å². The summed E-state index contributed by atoms with van der Waals surface area (Å²) in [7, 11) is 1.62. The lowest BCUT2D eigenvalue weighted by Gasteiger charge is -2.00. The number of nitrogens with one attached hydrogen (secondary N) is 2. The van der Waals surface area contributed by atoms with Gasteiger partial charge in [-0.05, 0) is 6.42 Å². The Morgan fingerprint density at radius 1 is 1.77 bits per heavy atom. The van der Waals surface area contributed by atoms with Gasteiger partial charge in [-0.1, -0.05) is 0 Å².